The highest BCUT2D eigenvalue weighted by molar-refractivity contribution is 5.85. The largest absolute Gasteiger partial charge is 0.382 e. The van der Waals surface area contributed by atoms with Crippen LogP contribution in [0.4, 0.5) is 8.78 Å². The number of nitrogens with two attached hydrogens (primary N) is 1. The Morgan fingerprint density at radius 3 is 2.38 bits per heavy atom. The first kappa shape index (κ1) is 15.6. The molecule has 1 aliphatic rings. The van der Waals surface area contributed by atoms with E-state index in [9.17, 15) is 13.6 Å². The average Bonchev–Trinajstić information content (AvgIpc) is 2.09. The Bertz CT molecular complexity index is 243. The number of methoxy groups -OCH3 is 1. The molecule has 3 nitrogen and oxygen atoms in total. The van der Waals surface area contributed by atoms with Gasteiger partial charge in [-0.3, -0.25) is 4.79 Å². The predicted octanol–water partition coefficient (Wildman–Crippen LogP) is 1.98. The number of alkyl halides is 2. The van der Waals surface area contributed by atoms with E-state index in [0.717, 1.165) is 0 Å². The topological polar surface area (TPSA) is 52.3 Å². The summed E-state index contributed by atoms with van der Waals surface area (Å²) in [4.78, 5) is 11.1. The molecule has 2 atom stereocenters. The smallest absolute Gasteiger partial charge is 0.248 e. The van der Waals surface area contributed by atoms with Crippen LogP contribution in [0.5, 0.6) is 0 Å². The molecule has 1 rings (SSSR count). The molecule has 96 valence electrons. The molecule has 0 aromatic rings. The summed E-state index contributed by atoms with van der Waals surface area (Å²) in [5, 5.41) is 0. The van der Waals surface area contributed by atoms with Crippen molar-refractivity contribution >= 4 is 18.3 Å². The number of carbonyl (C=O) groups is 1. The molecule has 0 aromatic heterocycles. The lowest BCUT2D eigenvalue weighted by atomic mass is 9.71. The Morgan fingerprint density at radius 1 is 1.56 bits per heavy atom. The highest BCUT2D eigenvalue weighted by Crippen LogP contribution is 2.47. The van der Waals surface area contributed by atoms with E-state index in [1.807, 2.05) is 0 Å². The second kappa shape index (κ2) is 5.77. The van der Waals surface area contributed by atoms with Gasteiger partial charge in [0.05, 0.1) is 6.10 Å². The maximum absolute atomic E-state index is 12.6. The van der Waals surface area contributed by atoms with Gasteiger partial charge in [-0.1, -0.05) is 0 Å². The summed E-state index contributed by atoms with van der Waals surface area (Å²) in [6.45, 7) is 1.80. The predicted molar refractivity (Wildman–Crippen MR) is 58.7 cm³/mol. The van der Waals surface area contributed by atoms with Gasteiger partial charge in [0.25, 0.3) is 0 Å². The van der Waals surface area contributed by atoms with Gasteiger partial charge >= 0.3 is 0 Å². The molecule has 0 heterocycles. The maximum Gasteiger partial charge on any atom is 0.248 e. The molecule has 1 aliphatic carbocycles. The van der Waals surface area contributed by atoms with Gasteiger partial charge in [-0.15, -0.1) is 12.4 Å². The molecule has 0 aromatic carbocycles. The van der Waals surface area contributed by atoms with E-state index in [1.165, 1.54) is 7.11 Å². The second-order valence-corrected chi connectivity index (χ2v) is 4.32. The minimum atomic E-state index is -2.60. The third kappa shape index (κ3) is 3.87. The maximum atomic E-state index is 12.6. The van der Waals surface area contributed by atoms with E-state index in [2.05, 4.69) is 0 Å². The van der Waals surface area contributed by atoms with E-state index in [4.69, 9.17) is 10.5 Å². The number of amides is 1. The number of halogens is 3. The molecule has 1 fully saturated rings. The van der Waals surface area contributed by atoms with Crippen LogP contribution in [0.25, 0.3) is 0 Å². The normalized spacial score (nSPS) is 22.8. The third-order valence-corrected chi connectivity index (χ3v) is 3.04. The molecule has 0 radical (unpaired) electrons. The summed E-state index contributed by atoms with van der Waals surface area (Å²) in [7, 11) is 1.53. The van der Waals surface area contributed by atoms with Crippen molar-refractivity contribution in [3.05, 3.63) is 0 Å². The summed E-state index contributed by atoms with van der Waals surface area (Å²) in [5.74, 6) is -3.87. The fraction of sp³-hybridized carbons (Fsp3) is 0.900. The second-order valence-electron chi connectivity index (χ2n) is 4.32. The summed E-state index contributed by atoms with van der Waals surface area (Å²) in [6, 6.07) is 0. The zero-order valence-corrected chi connectivity index (χ0v) is 10.2. The van der Waals surface area contributed by atoms with E-state index in [0.29, 0.717) is 6.42 Å². The van der Waals surface area contributed by atoms with Crippen LogP contribution in [0.1, 0.15) is 26.2 Å². The molecule has 0 spiro atoms. The van der Waals surface area contributed by atoms with Crippen LogP contribution in [0, 0.1) is 11.8 Å². The summed E-state index contributed by atoms with van der Waals surface area (Å²) < 4.78 is 30.3. The van der Waals surface area contributed by atoms with Crippen molar-refractivity contribution in [2.75, 3.05) is 7.11 Å². The van der Waals surface area contributed by atoms with Crippen molar-refractivity contribution in [3.8, 4) is 0 Å². The lowest BCUT2D eigenvalue weighted by Gasteiger charge is -2.39. The zero-order valence-electron chi connectivity index (χ0n) is 9.41. The fourth-order valence-corrected chi connectivity index (χ4v) is 1.99. The Kier molecular flexibility index (Phi) is 5.62. The van der Waals surface area contributed by atoms with E-state index >= 15 is 0 Å². The van der Waals surface area contributed by atoms with E-state index < -0.39 is 17.7 Å². The molecule has 16 heavy (non-hydrogen) atoms. The molecule has 0 saturated heterocycles. The molecular formula is C10H18ClF2NO2. The number of hydrogen-bond donors (Lipinski definition) is 1. The molecule has 0 bridgehead atoms. The number of hydrogen-bond acceptors (Lipinski definition) is 2. The lowest BCUT2D eigenvalue weighted by Crippen LogP contribution is -2.45. The Morgan fingerprint density at radius 2 is 2.06 bits per heavy atom. The number of rotatable bonds is 5. The van der Waals surface area contributed by atoms with Crippen LogP contribution in [-0.2, 0) is 9.53 Å². The SMILES string of the molecule is COC(C)CC(C(N)=O)C1CC(F)(F)C1.Cl. The minimum Gasteiger partial charge on any atom is -0.382 e. The van der Waals surface area contributed by atoms with Gasteiger partial charge in [0, 0.05) is 25.9 Å². The number of carbonyl (C=O) groups excluding carboxylic acids is 1. The number of ether oxygens (including phenoxy) is 1. The van der Waals surface area contributed by atoms with Crippen LogP contribution < -0.4 is 5.73 Å². The zero-order chi connectivity index (χ0) is 11.6. The monoisotopic (exact) mass is 257 g/mol. The van der Waals surface area contributed by atoms with Crippen LogP contribution in [0.2, 0.25) is 0 Å². The van der Waals surface area contributed by atoms with E-state index in [-0.39, 0.29) is 37.3 Å². The molecular weight excluding hydrogens is 240 g/mol. The molecule has 0 aliphatic heterocycles. The fourth-order valence-electron chi connectivity index (χ4n) is 1.99. The van der Waals surface area contributed by atoms with Crippen molar-refractivity contribution in [3.63, 3.8) is 0 Å². The van der Waals surface area contributed by atoms with Gasteiger partial charge in [-0.2, -0.15) is 0 Å². The van der Waals surface area contributed by atoms with Gasteiger partial charge in [0.15, 0.2) is 0 Å². The Hall–Kier alpha value is -0.420. The van der Waals surface area contributed by atoms with E-state index in [1.54, 1.807) is 6.92 Å². The first-order valence-corrected chi connectivity index (χ1v) is 5.05. The van der Waals surface area contributed by atoms with Crippen LogP contribution >= 0.6 is 12.4 Å². The average molecular weight is 258 g/mol. The highest BCUT2D eigenvalue weighted by Gasteiger charge is 2.49. The van der Waals surface area contributed by atoms with Crippen molar-refractivity contribution in [1.29, 1.82) is 0 Å². The van der Waals surface area contributed by atoms with Crippen molar-refractivity contribution in [2.24, 2.45) is 17.6 Å². The molecule has 1 saturated carbocycles. The van der Waals surface area contributed by atoms with Gasteiger partial charge in [0.1, 0.15) is 0 Å². The van der Waals surface area contributed by atoms with Crippen LogP contribution in [0.3, 0.4) is 0 Å². The minimum absolute atomic E-state index is 0. The lowest BCUT2D eigenvalue weighted by molar-refractivity contribution is -0.146. The molecule has 1 amide bonds. The summed E-state index contributed by atoms with van der Waals surface area (Å²) in [6.07, 6.45) is -0.155. The van der Waals surface area contributed by atoms with Crippen LogP contribution in [0.15, 0.2) is 0 Å². The standard InChI is InChI=1S/C10H17F2NO2.ClH/c1-6(15-2)3-8(9(13)14)7-4-10(11,12)5-7;/h6-8H,3-5H2,1-2H3,(H2,13,14);1H. The van der Waals surface area contributed by atoms with Crippen molar-refractivity contribution in [1.82, 2.24) is 0 Å². The molecule has 2 unspecified atom stereocenters. The van der Waals surface area contributed by atoms with Gasteiger partial charge in [-0.25, -0.2) is 8.78 Å². The first-order valence-electron chi connectivity index (χ1n) is 5.05. The molecule has 6 heteroatoms. The number of primary amides is 1. The van der Waals surface area contributed by atoms with Crippen LogP contribution in [-0.4, -0.2) is 25.0 Å². The van der Waals surface area contributed by atoms with Crippen molar-refractivity contribution < 1.29 is 18.3 Å². The summed E-state index contributed by atoms with van der Waals surface area (Å²) in [5.41, 5.74) is 5.20. The van der Waals surface area contributed by atoms with Gasteiger partial charge in [0.2, 0.25) is 11.8 Å². The highest BCUT2D eigenvalue weighted by atomic mass is 35.5. The first-order chi connectivity index (χ1) is 6.85. The van der Waals surface area contributed by atoms with Crippen molar-refractivity contribution in [2.45, 2.75) is 38.2 Å². The quantitative estimate of drug-likeness (QED) is 0.819. The Labute approximate surface area is 100 Å². The molecule has 2 N–H and O–H groups in total. The summed E-state index contributed by atoms with van der Waals surface area (Å²) >= 11 is 0. The third-order valence-electron chi connectivity index (χ3n) is 3.04. The van der Waals surface area contributed by atoms with Gasteiger partial charge in [-0.05, 0) is 19.3 Å². The van der Waals surface area contributed by atoms with Gasteiger partial charge < -0.3 is 10.5 Å². The Balaban J connectivity index is 0.00000225.